The number of nitro benzene ring substituents is 1. The van der Waals surface area contributed by atoms with Gasteiger partial charge in [0, 0.05) is 24.9 Å². The summed E-state index contributed by atoms with van der Waals surface area (Å²) in [6.45, 7) is 4.70. The highest BCUT2D eigenvalue weighted by molar-refractivity contribution is 7.71. The molecule has 0 unspecified atom stereocenters. The highest BCUT2D eigenvalue weighted by Crippen LogP contribution is 2.19. The van der Waals surface area contributed by atoms with Crippen LogP contribution in [0.5, 0.6) is 0 Å². The monoisotopic (exact) mass is 384 g/mol. The Labute approximate surface area is 162 Å². The molecule has 0 atom stereocenters. The largest absolute Gasteiger partial charge is 0.360 e. The third-order valence-corrected chi connectivity index (χ3v) is 5.82. The van der Waals surface area contributed by atoms with Crippen molar-refractivity contribution in [3.63, 3.8) is 0 Å². The summed E-state index contributed by atoms with van der Waals surface area (Å²) in [5, 5.41) is 10.8. The van der Waals surface area contributed by atoms with Crippen LogP contribution in [0.1, 0.15) is 0 Å². The van der Waals surface area contributed by atoms with Crippen LogP contribution in [-0.2, 0) is 13.7 Å². The first-order chi connectivity index (χ1) is 13.0. The van der Waals surface area contributed by atoms with Gasteiger partial charge in [0.25, 0.3) is 5.69 Å². The Morgan fingerprint density at radius 1 is 1.07 bits per heavy atom. The van der Waals surface area contributed by atoms with E-state index in [1.165, 1.54) is 10.4 Å². The van der Waals surface area contributed by atoms with Crippen LogP contribution in [0.4, 0.5) is 11.4 Å². The molecule has 3 aromatic rings. The molecular weight excluding hydrogens is 362 g/mol. The first-order valence-corrected chi connectivity index (χ1v) is 9.42. The lowest BCUT2D eigenvalue weighted by Crippen LogP contribution is -3.14. The molecule has 2 aromatic carbocycles. The van der Waals surface area contributed by atoms with Crippen molar-refractivity contribution in [3.05, 3.63) is 63.4 Å². The zero-order valence-electron chi connectivity index (χ0n) is 15.2. The lowest BCUT2D eigenvalue weighted by atomic mass is 10.2. The molecule has 8 heteroatoms. The maximum Gasteiger partial charge on any atom is 0.269 e. The summed E-state index contributed by atoms with van der Waals surface area (Å²) in [6.07, 6.45) is 0. The number of fused-ring (bicyclic) bond motifs is 1. The Morgan fingerprint density at radius 2 is 1.70 bits per heavy atom. The highest BCUT2D eigenvalue weighted by atomic mass is 32.1. The quantitative estimate of drug-likeness (QED) is 0.425. The number of para-hydroxylation sites is 2. The number of nitrogens with zero attached hydrogens (tertiary/aromatic N) is 4. The lowest BCUT2D eigenvalue weighted by Gasteiger charge is -2.33. The van der Waals surface area contributed by atoms with Crippen molar-refractivity contribution < 1.29 is 9.82 Å². The number of benzene rings is 2. The maximum atomic E-state index is 10.8. The van der Waals surface area contributed by atoms with Gasteiger partial charge in [-0.05, 0) is 36.5 Å². The molecule has 140 valence electrons. The smallest absolute Gasteiger partial charge is 0.269 e. The van der Waals surface area contributed by atoms with Gasteiger partial charge in [-0.25, -0.2) is 0 Å². The van der Waals surface area contributed by atoms with E-state index in [2.05, 4.69) is 32.2 Å². The number of anilines is 1. The second-order valence-electron chi connectivity index (χ2n) is 6.93. The molecule has 27 heavy (non-hydrogen) atoms. The van der Waals surface area contributed by atoms with Crippen LogP contribution in [0.2, 0.25) is 0 Å². The Kier molecular flexibility index (Phi) is 4.67. The molecule has 1 N–H and O–H groups in total. The topological polar surface area (TPSA) is 60.7 Å². The number of quaternary nitrogens is 1. The third kappa shape index (κ3) is 3.33. The van der Waals surface area contributed by atoms with Gasteiger partial charge in [0.2, 0.25) is 0 Å². The molecule has 1 aliphatic rings. The second-order valence-corrected chi connectivity index (χ2v) is 7.29. The summed E-state index contributed by atoms with van der Waals surface area (Å²) in [5.74, 6) is 0. The van der Waals surface area contributed by atoms with Gasteiger partial charge in [-0.1, -0.05) is 12.1 Å². The van der Waals surface area contributed by atoms with E-state index in [1.54, 1.807) is 12.1 Å². The number of aromatic nitrogens is 2. The molecular formula is C19H22N5O2S+. The Hall–Kier alpha value is -2.71. The minimum absolute atomic E-state index is 0.133. The highest BCUT2D eigenvalue weighted by Gasteiger charge is 2.22. The van der Waals surface area contributed by atoms with Crippen molar-refractivity contribution in [1.29, 1.82) is 0 Å². The van der Waals surface area contributed by atoms with E-state index >= 15 is 0 Å². The molecule has 4 rings (SSSR count). The molecule has 1 saturated heterocycles. The summed E-state index contributed by atoms with van der Waals surface area (Å²) in [6, 6.07) is 15.1. The number of nitrogens with one attached hydrogen (secondary N) is 1. The number of non-ortho nitro benzene ring substituents is 1. The van der Waals surface area contributed by atoms with Crippen molar-refractivity contribution in [2.45, 2.75) is 6.67 Å². The fourth-order valence-corrected chi connectivity index (χ4v) is 4.03. The van der Waals surface area contributed by atoms with E-state index in [4.69, 9.17) is 12.2 Å². The summed E-state index contributed by atoms with van der Waals surface area (Å²) in [4.78, 5) is 14.2. The minimum Gasteiger partial charge on any atom is -0.360 e. The number of piperazine rings is 1. The van der Waals surface area contributed by atoms with Gasteiger partial charge in [-0.15, -0.1) is 0 Å². The number of hydrogen-bond donors (Lipinski definition) is 1. The average molecular weight is 384 g/mol. The Balaban J connectivity index is 1.45. The summed E-state index contributed by atoms with van der Waals surface area (Å²) in [7, 11) is 2.02. The number of imidazole rings is 1. The van der Waals surface area contributed by atoms with Crippen LogP contribution < -0.4 is 9.80 Å². The van der Waals surface area contributed by atoms with Crippen LogP contribution in [0.15, 0.2) is 48.5 Å². The van der Waals surface area contributed by atoms with Crippen LogP contribution >= 0.6 is 12.2 Å². The average Bonchev–Trinajstić information content (AvgIpc) is 2.94. The van der Waals surface area contributed by atoms with Crippen molar-refractivity contribution in [2.75, 3.05) is 31.1 Å². The predicted octanol–water partition coefficient (Wildman–Crippen LogP) is 1.98. The van der Waals surface area contributed by atoms with Gasteiger partial charge >= 0.3 is 0 Å². The molecule has 0 saturated carbocycles. The Bertz CT molecular complexity index is 1030. The van der Waals surface area contributed by atoms with Gasteiger partial charge in [-0.3, -0.25) is 14.7 Å². The van der Waals surface area contributed by atoms with Crippen LogP contribution in [-0.4, -0.2) is 40.2 Å². The number of nitro groups is 1. The second kappa shape index (κ2) is 7.13. The van der Waals surface area contributed by atoms with E-state index in [0.29, 0.717) is 0 Å². The lowest BCUT2D eigenvalue weighted by molar-refractivity contribution is -0.923. The SMILES string of the molecule is Cn1c(=S)n(C[NH+]2CCN(c3ccc([N+](=O)[O-])cc3)CC2)c2ccccc21. The molecule has 0 radical (unpaired) electrons. The van der Waals surface area contributed by atoms with E-state index in [9.17, 15) is 10.1 Å². The fraction of sp³-hybridized carbons (Fsp3) is 0.316. The molecule has 2 heterocycles. The van der Waals surface area contributed by atoms with Crippen molar-refractivity contribution >= 4 is 34.6 Å². The molecule has 7 nitrogen and oxygen atoms in total. The minimum atomic E-state index is -0.361. The molecule has 1 aromatic heterocycles. The van der Waals surface area contributed by atoms with E-state index in [1.807, 2.05) is 25.2 Å². The first kappa shape index (κ1) is 17.7. The van der Waals surface area contributed by atoms with Crippen molar-refractivity contribution in [3.8, 4) is 0 Å². The van der Waals surface area contributed by atoms with Crippen molar-refractivity contribution in [1.82, 2.24) is 9.13 Å². The standard InChI is InChI=1S/C19H21N5O2S/c1-20-17-4-2-3-5-18(17)23(19(20)27)14-21-10-12-22(13-11-21)15-6-8-16(9-7-15)24(25)26/h2-9H,10-14H2,1H3/p+1. The Morgan fingerprint density at radius 3 is 2.33 bits per heavy atom. The normalized spacial score (nSPS) is 15.4. The third-order valence-electron chi connectivity index (χ3n) is 5.33. The summed E-state index contributed by atoms with van der Waals surface area (Å²) in [5.41, 5.74) is 3.51. The van der Waals surface area contributed by atoms with Gasteiger partial charge in [-0.2, -0.15) is 0 Å². The maximum absolute atomic E-state index is 10.8. The van der Waals surface area contributed by atoms with E-state index in [0.717, 1.165) is 48.8 Å². The first-order valence-electron chi connectivity index (χ1n) is 9.02. The predicted molar refractivity (Wildman–Crippen MR) is 108 cm³/mol. The molecule has 1 aliphatic heterocycles. The molecule has 0 spiro atoms. The van der Waals surface area contributed by atoms with Gasteiger partial charge in [0.15, 0.2) is 11.4 Å². The molecule has 1 fully saturated rings. The van der Waals surface area contributed by atoms with Crippen LogP contribution in [0.25, 0.3) is 11.0 Å². The van der Waals surface area contributed by atoms with E-state index < -0.39 is 0 Å². The zero-order valence-corrected chi connectivity index (χ0v) is 16.0. The zero-order chi connectivity index (χ0) is 19.0. The summed E-state index contributed by atoms with van der Waals surface area (Å²) >= 11 is 5.64. The van der Waals surface area contributed by atoms with Crippen molar-refractivity contribution in [2.24, 2.45) is 7.05 Å². The molecule has 0 bridgehead atoms. The van der Waals surface area contributed by atoms with Crippen LogP contribution in [0.3, 0.4) is 0 Å². The number of hydrogen-bond acceptors (Lipinski definition) is 4. The fourth-order valence-electron chi connectivity index (χ4n) is 3.76. The van der Waals surface area contributed by atoms with Gasteiger partial charge in [0.05, 0.1) is 42.1 Å². The van der Waals surface area contributed by atoms with Gasteiger partial charge in [0.1, 0.15) is 0 Å². The van der Waals surface area contributed by atoms with E-state index in [-0.39, 0.29) is 10.6 Å². The number of rotatable bonds is 4. The molecule has 0 amide bonds. The van der Waals surface area contributed by atoms with Gasteiger partial charge < -0.3 is 14.4 Å². The summed E-state index contributed by atoms with van der Waals surface area (Å²) < 4.78 is 5.14. The van der Waals surface area contributed by atoms with Crippen LogP contribution in [0, 0.1) is 14.9 Å². The molecule has 0 aliphatic carbocycles. The number of aryl methyl sites for hydroxylation is 1.